The first kappa shape index (κ1) is 10.5. The number of hydrogen-bond acceptors (Lipinski definition) is 2. The molecule has 0 saturated carbocycles. The van der Waals surface area contributed by atoms with Gasteiger partial charge < -0.3 is 9.64 Å². The Balaban J connectivity index is 3.45. The smallest absolute Gasteiger partial charge is 0.0814 e. The summed E-state index contributed by atoms with van der Waals surface area (Å²) in [5, 5.41) is 0. The molecule has 0 saturated heterocycles. The molecule has 0 bridgehead atoms. The zero-order valence-corrected chi connectivity index (χ0v) is 8.05. The van der Waals surface area contributed by atoms with E-state index >= 15 is 0 Å². The molecule has 0 aliphatic heterocycles. The normalized spacial score (nSPS) is 12.3. The van der Waals surface area contributed by atoms with Gasteiger partial charge in [0.2, 0.25) is 0 Å². The topological polar surface area (TPSA) is 12.5 Å². The predicted molar refractivity (Wildman–Crippen MR) is 48.6 cm³/mol. The van der Waals surface area contributed by atoms with E-state index in [1.807, 2.05) is 6.26 Å². The Morgan fingerprint density at radius 3 is 2.64 bits per heavy atom. The minimum Gasteiger partial charge on any atom is -0.504 e. The second kappa shape index (κ2) is 6.23. The van der Waals surface area contributed by atoms with Crippen LogP contribution >= 0.6 is 0 Å². The third-order valence-corrected chi connectivity index (χ3v) is 1.75. The summed E-state index contributed by atoms with van der Waals surface area (Å²) in [5.41, 5.74) is 1.30. The molecule has 0 aromatic carbocycles. The Kier molecular flexibility index (Phi) is 5.94. The van der Waals surface area contributed by atoms with E-state index in [4.69, 9.17) is 4.74 Å². The third kappa shape index (κ3) is 5.92. The van der Waals surface area contributed by atoms with Crippen LogP contribution in [0, 0.1) is 0 Å². The predicted octanol–water partition coefficient (Wildman–Crippen LogP) is 1.88. The Labute approximate surface area is 69.8 Å². The van der Waals surface area contributed by atoms with Crippen molar-refractivity contribution in [3.63, 3.8) is 0 Å². The van der Waals surface area contributed by atoms with E-state index in [0.717, 1.165) is 19.5 Å². The summed E-state index contributed by atoms with van der Waals surface area (Å²) in [6.07, 6.45) is 2.90. The SMILES string of the molecule is CCN(C)CCC(C)=COC. The molecule has 2 heteroatoms. The molecule has 0 amide bonds. The van der Waals surface area contributed by atoms with Crippen LogP contribution in [-0.2, 0) is 4.74 Å². The first-order valence-corrected chi connectivity index (χ1v) is 4.07. The highest BCUT2D eigenvalue weighted by Gasteiger charge is 1.94. The fraction of sp³-hybridized carbons (Fsp3) is 0.778. The molecule has 0 rings (SSSR count). The lowest BCUT2D eigenvalue weighted by Crippen LogP contribution is -2.18. The van der Waals surface area contributed by atoms with Crippen molar-refractivity contribution >= 4 is 0 Å². The molecule has 0 radical (unpaired) electrons. The van der Waals surface area contributed by atoms with Crippen LogP contribution < -0.4 is 0 Å². The minimum absolute atomic E-state index is 1.10. The molecule has 0 heterocycles. The van der Waals surface area contributed by atoms with Gasteiger partial charge >= 0.3 is 0 Å². The molecule has 0 atom stereocenters. The van der Waals surface area contributed by atoms with Crippen molar-refractivity contribution in [3.8, 4) is 0 Å². The van der Waals surface area contributed by atoms with E-state index in [2.05, 4.69) is 25.8 Å². The van der Waals surface area contributed by atoms with Crippen molar-refractivity contribution in [2.45, 2.75) is 20.3 Å². The molecule has 0 unspecified atom stereocenters. The molecule has 0 aromatic rings. The Bertz CT molecular complexity index is 121. The Hall–Kier alpha value is -0.500. The standard InChI is InChI=1S/C9H19NO/c1-5-10(3)7-6-9(2)8-11-4/h8H,5-7H2,1-4H3. The van der Waals surface area contributed by atoms with Gasteiger partial charge in [0, 0.05) is 6.54 Å². The van der Waals surface area contributed by atoms with Crippen LogP contribution in [0.5, 0.6) is 0 Å². The van der Waals surface area contributed by atoms with Crippen molar-refractivity contribution in [1.29, 1.82) is 0 Å². The summed E-state index contributed by atoms with van der Waals surface area (Å²) < 4.78 is 4.89. The van der Waals surface area contributed by atoms with Crippen molar-refractivity contribution in [2.24, 2.45) is 0 Å². The van der Waals surface area contributed by atoms with Gasteiger partial charge in [0.05, 0.1) is 13.4 Å². The van der Waals surface area contributed by atoms with E-state index in [1.54, 1.807) is 7.11 Å². The minimum atomic E-state index is 1.10. The monoisotopic (exact) mass is 157 g/mol. The van der Waals surface area contributed by atoms with E-state index in [0.29, 0.717) is 0 Å². The maximum atomic E-state index is 4.89. The summed E-state index contributed by atoms with van der Waals surface area (Å²) in [7, 11) is 3.81. The van der Waals surface area contributed by atoms with Crippen LogP contribution in [0.4, 0.5) is 0 Å². The molecule has 0 aliphatic rings. The summed E-state index contributed by atoms with van der Waals surface area (Å²) in [4.78, 5) is 2.28. The van der Waals surface area contributed by atoms with Crippen molar-refractivity contribution in [3.05, 3.63) is 11.8 Å². The second-order valence-electron chi connectivity index (χ2n) is 2.85. The second-order valence-corrected chi connectivity index (χ2v) is 2.85. The third-order valence-electron chi connectivity index (χ3n) is 1.75. The number of rotatable bonds is 5. The molecule has 11 heavy (non-hydrogen) atoms. The number of hydrogen-bond donors (Lipinski definition) is 0. The van der Waals surface area contributed by atoms with Gasteiger partial charge in [0.1, 0.15) is 0 Å². The van der Waals surface area contributed by atoms with Gasteiger partial charge in [0.15, 0.2) is 0 Å². The van der Waals surface area contributed by atoms with Gasteiger partial charge in [-0.1, -0.05) is 6.92 Å². The van der Waals surface area contributed by atoms with Gasteiger partial charge in [-0.05, 0) is 32.5 Å². The molecule has 2 nitrogen and oxygen atoms in total. The quantitative estimate of drug-likeness (QED) is 0.565. The fourth-order valence-corrected chi connectivity index (χ4v) is 0.785. The lowest BCUT2D eigenvalue weighted by atomic mass is 10.2. The highest BCUT2D eigenvalue weighted by Crippen LogP contribution is 2.00. The molecule has 0 aromatic heterocycles. The molecule has 66 valence electrons. The van der Waals surface area contributed by atoms with Crippen LogP contribution in [0.2, 0.25) is 0 Å². The van der Waals surface area contributed by atoms with E-state index < -0.39 is 0 Å². The first-order chi connectivity index (χ1) is 5.20. The average Bonchev–Trinajstić information content (AvgIpc) is 2.01. The maximum Gasteiger partial charge on any atom is 0.0814 e. The first-order valence-electron chi connectivity index (χ1n) is 4.07. The van der Waals surface area contributed by atoms with E-state index in [-0.39, 0.29) is 0 Å². The van der Waals surface area contributed by atoms with Gasteiger partial charge in [-0.25, -0.2) is 0 Å². The lowest BCUT2D eigenvalue weighted by Gasteiger charge is -2.12. The highest BCUT2D eigenvalue weighted by molar-refractivity contribution is 4.93. The molecular formula is C9H19NO. The van der Waals surface area contributed by atoms with Crippen LogP contribution in [0.15, 0.2) is 11.8 Å². The summed E-state index contributed by atoms with van der Waals surface area (Å²) in [6.45, 7) is 6.48. The number of nitrogens with zero attached hydrogens (tertiary/aromatic N) is 1. The molecular weight excluding hydrogens is 138 g/mol. The summed E-state index contributed by atoms with van der Waals surface area (Å²) in [5.74, 6) is 0. The Morgan fingerprint density at radius 1 is 1.55 bits per heavy atom. The van der Waals surface area contributed by atoms with Gasteiger partial charge in [-0.2, -0.15) is 0 Å². The van der Waals surface area contributed by atoms with Crippen molar-refractivity contribution in [2.75, 3.05) is 27.2 Å². The van der Waals surface area contributed by atoms with Crippen LogP contribution in [-0.4, -0.2) is 32.1 Å². The lowest BCUT2D eigenvalue weighted by molar-refractivity contribution is 0.325. The van der Waals surface area contributed by atoms with Gasteiger partial charge in [-0.3, -0.25) is 0 Å². The van der Waals surface area contributed by atoms with Gasteiger partial charge in [0.25, 0.3) is 0 Å². The molecule has 0 aliphatic carbocycles. The Morgan fingerprint density at radius 2 is 2.18 bits per heavy atom. The van der Waals surface area contributed by atoms with E-state index in [9.17, 15) is 0 Å². The zero-order chi connectivity index (χ0) is 8.69. The molecule has 0 spiro atoms. The number of methoxy groups -OCH3 is 1. The summed E-state index contributed by atoms with van der Waals surface area (Å²) in [6, 6.07) is 0. The highest BCUT2D eigenvalue weighted by atomic mass is 16.5. The zero-order valence-electron chi connectivity index (χ0n) is 8.05. The maximum absolute atomic E-state index is 4.89. The van der Waals surface area contributed by atoms with Gasteiger partial charge in [-0.15, -0.1) is 0 Å². The van der Waals surface area contributed by atoms with Crippen LogP contribution in [0.3, 0.4) is 0 Å². The van der Waals surface area contributed by atoms with E-state index in [1.165, 1.54) is 5.57 Å². The fourth-order valence-electron chi connectivity index (χ4n) is 0.785. The average molecular weight is 157 g/mol. The molecule has 0 N–H and O–H groups in total. The summed E-state index contributed by atoms with van der Waals surface area (Å²) >= 11 is 0. The molecule has 0 fully saturated rings. The number of ether oxygens (including phenoxy) is 1. The largest absolute Gasteiger partial charge is 0.504 e. The van der Waals surface area contributed by atoms with Crippen molar-refractivity contribution in [1.82, 2.24) is 4.90 Å². The van der Waals surface area contributed by atoms with Crippen molar-refractivity contribution < 1.29 is 4.74 Å². The van der Waals surface area contributed by atoms with Crippen LogP contribution in [0.25, 0.3) is 0 Å². The van der Waals surface area contributed by atoms with Crippen LogP contribution in [0.1, 0.15) is 20.3 Å².